The van der Waals surface area contributed by atoms with Crippen molar-refractivity contribution < 1.29 is 26.3 Å². The van der Waals surface area contributed by atoms with Crippen LogP contribution in [0.2, 0.25) is 5.02 Å². The molecule has 0 bridgehead atoms. The first kappa shape index (κ1) is 26.9. The highest BCUT2D eigenvalue weighted by Crippen LogP contribution is 2.32. The average Bonchev–Trinajstić information content (AvgIpc) is 3.21. The monoisotopic (exact) mass is 548 g/mol. The number of benzene rings is 1. The van der Waals surface area contributed by atoms with Gasteiger partial charge in [0.1, 0.15) is 12.4 Å². The van der Waals surface area contributed by atoms with Crippen LogP contribution in [-0.4, -0.2) is 59.3 Å². The third-order valence-corrected chi connectivity index (χ3v) is 8.28. The summed E-state index contributed by atoms with van der Waals surface area (Å²) in [5, 5.41) is 0.582. The molecule has 1 aromatic heterocycles. The molecule has 198 valence electrons. The van der Waals surface area contributed by atoms with Crippen molar-refractivity contribution in [2.24, 2.45) is 5.92 Å². The zero-order chi connectivity index (χ0) is 26.3. The largest absolute Gasteiger partial charge is 0.486 e. The Kier molecular flexibility index (Phi) is 7.70. The molecule has 2 aliphatic rings. The van der Waals surface area contributed by atoms with E-state index < -0.39 is 34.3 Å². The first-order chi connectivity index (χ1) is 16.8. The van der Waals surface area contributed by atoms with Gasteiger partial charge in [-0.2, -0.15) is 13.2 Å². The van der Waals surface area contributed by atoms with Gasteiger partial charge in [0, 0.05) is 31.2 Å². The van der Waals surface area contributed by atoms with Crippen LogP contribution >= 0.6 is 11.6 Å². The van der Waals surface area contributed by atoms with E-state index in [1.807, 2.05) is 17.0 Å². The number of rotatable bonds is 7. The lowest BCUT2D eigenvalue weighted by atomic mass is 9.99. The number of ether oxygens (including phenoxy) is 1. The second-order valence-corrected chi connectivity index (χ2v) is 11.8. The minimum Gasteiger partial charge on any atom is -0.486 e. The molecule has 1 fully saturated rings. The molecule has 13 heteroatoms. The summed E-state index contributed by atoms with van der Waals surface area (Å²) >= 11 is 6.07. The second-order valence-electron chi connectivity index (χ2n) is 9.40. The Labute approximate surface area is 212 Å². The van der Waals surface area contributed by atoms with Gasteiger partial charge < -0.3 is 4.74 Å². The number of halogens is 4. The van der Waals surface area contributed by atoms with Crippen molar-refractivity contribution in [3.05, 3.63) is 56.7 Å². The van der Waals surface area contributed by atoms with Gasteiger partial charge in [0.05, 0.1) is 25.1 Å². The summed E-state index contributed by atoms with van der Waals surface area (Å²) < 4.78 is 71.3. The number of nitrogens with zero attached hydrogens (tertiary/aromatic N) is 4. The molecule has 2 aromatic rings. The van der Waals surface area contributed by atoms with Crippen molar-refractivity contribution in [1.29, 1.82) is 0 Å². The van der Waals surface area contributed by atoms with Gasteiger partial charge in [-0.15, -0.1) is 0 Å². The molecule has 1 aromatic carbocycles. The van der Waals surface area contributed by atoms with E-state index in [0.29, 0.717) is 48.6 Å². The molecule has 1 unspecified atom stereocenters. The van der Waals surface area contributed by atoms with Crippen LogP contribution in [0.1, 0.15) is 42.8 Å². The van der Waals surface area contributed by atoms with Crippen LogP contribution < -0.4 is 10.3 Å². The maximum Gasteiger partial charge on any atom is 0.406 e. The van der Waals surface area contributed by atoms with E-state index in [2.05, 4.69) is 4.98 Å². The first-order valence-electron chi connectivity index (χ1n) is 11.6. The van der Waals surface area contributed by atoms with Gasteiger partial charge in [-0.1, -0.05) is 17.7 Å². The van der Waals surface area contributed by atoms with Crippen LogP contribution in [0.25, 0.3) is 0 Å². The smallest absolute Gasteiger partial charge is 0.406 e. The fraction of sp³-hybridized carbons (Fsp3) is 0.565. The van der Waals surface area contributed by atoms with Crippen molar-refractivity contribution in [3.8, 4) is 5.75 Å². The van der Waals surface area contributed by atoms with E-state index in [-0.39, 0.29) is 24.1 Å². The van der Waals surface area contributed by atoms with E-state index in [4.69, 9.17) is 16.3 Å². The number of hydrogen-bond acceptors (Lipinski definition) is 6. The minimum absolute atomic E-state index is 0.00467. The van der Waals surface area contributed by atoms with Crippen molar-refractivity contribution >= 4 is 21.6 Å². The first-order valence-corrected chi connectivity index (χ1v) is 13.8. The fourth-order valence-corrected chi connectivity index (χ4v) is 5.76. The average molecular weight is 549 g/mol. The second kappa shape index (κ2) is 10.3. The van der Waals surface area contributed by atoms with E-state index in [1.54, 1.807) is 13.0 Å². The maximum atomic E-state index is 13.4. The Morgan fingerprint density at radius 1 is 1.19 bits per heavy atom. The fourth-order valence-electron chi connectivity index (χ4n) is 4.69. The number of sulfonamides is 1. The Hall–Kier alpha value is -2.15. The topological polar surface area (TPSA) is 84.7 Å². The van der Waals surface area contributed by atoms with Crippen LogP contribution in [0.5, 0.6) is 5.75 Å². The summed E-state index contributed by atoms with van der Waals surface area (Å²) in [5.74, 6) is -0.269. The number of hydrogen-bond donors (Lipinski definition) is 0. The zero-order valence-electron chi connectivity index (χ0n) is 20.0. The number of piperidine rings is 1. The summed E-state index contributed by atoms with van der Waals surface area (Å²) in [6.07, 6.45) is -1.22. The predicted molar refractivity (Wildman–Crippen MR) is 128 cm³/mol. The van der Waals surface area contributed by atoms with Crippen molar-refractivity contribution in [2.75, 3.05) is 26.0 Å². The third kappa shape index (κ3) is 6.21. The van der Waals surface area contributed by atoms with Crippen molar-refractivity contribution in [3.63, 3.8) is 0 Å². The van der Waals surface area contributed by atoms with Gasteiger partial charge in [-0.25, -0.2) is 17.7 Å². The maximum absolute atomic E-state index is 13.4. The molecule has 0 spiro atoms. The van der Waals surface area contributed by atoms with Crippen LogP contribution in [0, 0.1) is 5.92 Å². The molecule has 36 heavy (non-hydrogen) atoms. The Morgan fingerprint density at radius 3 is 2.50 bits per heavy atom. The molecule has 4 rings (SSSR count). The Bertz CT molecular complexity index is 1280. The van der Waals surface area contributed by atoms with Crippen LogP contribution in [0.15, 0.2) is 29.2 Å². The van der Waals surface area contributed by atoms with Crippen molar-refractivity contribution in [1.82, 2.24) is 18.8 Å². The van der Waals surface area contributed by atoms with E-state index in [9.17, 15) is 26.4 Å². The molecular formula is C23H28ClF3N4O4S. The molecular weight excluding hydrogens is 521 g/mol. The van der Waals surface area contributed by atoms with Gasteiger partial charge in [0.2, 0.25) is 15.8 Å². The molecule has 8 nitrogen and oxygen atoms in total. The Morgan fingerprint density at radius 2 is 1.86 bits per heavy atom. The molecule has 1 atom stereocenters. The summed E-state index contributed by atoms with van der Waals surface area (Å²) in [4.78, 5) is 19.3. The van der Waals surface area contributed by atoms with Gasteiger partial charge >= 0.3 is 6.18 Å². The summed E-state index contributed by atoms with van der Waals surface area (Å²) in [6, 6.07) is 4.92. The molecule has 0 radical (unpaired) electrons. The lowest BCUT2D eigenvalue weighted by molar-refractivity contribution is -0.142. The SMILES string of the molecule is CC(c1ncc(OCC2CCN(S(C)(=O)=O)CC2)c(=O)n1CC(F)(F)F)N1Cc2ccc(Cl)cc2C1. The minimum atomic E-state index is -4.63. The molecule has 0 amide bonds. The molecule has 1 saturated heterocycles. The van der Waals surface area contributed by atoms with Gasteiger partial charge in [-0.3, -0.25) is 14.3 Å². The van der Waals surface area contributed by atoms with Crippen LogP contribution in [0.3, 0.4) is 0 Å². The van der Waals surface area contributed by atoms with E-state index in [0.717, 1.165) is 17.4 Å². The molecule has 3 heterocycles. The Balaban J connectivity index is 1.51. The predicted octanol–water partition coefficient (Wildman–Crippen LogP) is 3.59. The zero-order valence-corrected chi connectivity index (χ0v) is 21.5. The highest BCUT2D eigenvalue weighted by molar-refractivity contribution is 7.88. The molecule has 2 aliphatic heterocycles. The number of fused-ring (bicyclic) bond motifs is 1. The van der Waals surface area contributed by atoms with Gasteiger partial charge in [-0.05, 0) is 48.9 Å². The van der Waals surface area contributed by atoms with Gasteiger partial charge in [0.15, 0.2) is 0 Å². The molecule has 0 N–H and O–H groups in total. The molecule has 0 saturated carbocycles. The highest BCUT2D eigenvalue weighted by Gasteiger charge is 2.34. The highest BCUT2D eigenvalue weighted by atomic mass is 35.5. The lowest BCUT2D eigenvalue weighted by Gasteiger charge is -2.30. The third-order valence-electron chi connectivity index (χ3n) is 6.74. The number of aromatic nitrogens is 2. The summed E-state index contributed by atoms with van der Waals surface area (Å²) in [6.45, 7) is 1.99. The van der Waals surface area contributed by atoms with Crippen molar-refractivity contribution in [2.45, 2.75) is 51.6 Å². The van der Waals surface area contributed by atoms with Gasteiger partial charge in [0.25, 0.3) is 5.56 Å². The van der Waals surface area contributed by atoms with Crippen LogP contribution in [0.4, 0.5) is 13.2 Å². The summed E-state index contributed by atoms with van der Waals surface area (Å²) in [5.41, 5.74) is 1.12. The van der Waals surface area contributed by atoms with Crippen LogP contribution in [-0.2, 0) is 29.7 Å². The normalized spacial score (nSPS) is 18.8. The number of alkyl halides is 3. The molecule has 0 aliphatic carbocycles. The quantitative estimate of drug-likeness (QED) is 0.526. The lowest BCUT2D eigenvalue weighted by Crippen LogP contribution is -2.39. The standard InChI is InChI=1S/C23H28ClF3N4O4S/c1-15(29-11-17-3-4-19(24)9-18(17)12-29)21-28-10-20(22(32)31(21)14-23(25,26)27)35-13-16-5-7-30(8-6-16)36(2,33)34/h3-4,9-10,15-16H,5-8,11-14H2,1-2H3. The van der Waals surface area contributed by atoms with E-state index >= 15 is 0 Å². The summed E-state index contributed by atoms with van der Waals surface area (Å²) in [7, 11) is -3.27. The van der Waals surface area contributed by atoms with E-state index in [1.165, 1.54) is 10.5 Å².